The van der Waals surface area contributed by atoms with Crippen LogP contribution in [0.2, 0.25) is 0 Å². The van der Waals surface area contributed by atoms with E-state index < -0.39 is 0 Å². The minimum Gasteiger partial charge on any atom is -0.351 e. The van der Waals surface area contributed by atoms with Gasteiger partial charge < -0.3 is 15.2 Å². The fourth-order valence-corrected chi connectivity index (χ4v) is 2.45. The number of hydrogen-bond acceptors (Lipinski definition) is 3. The Bertz CT molecular complexity index is 774. The van der Waals surface area contributed by atoms with E-state index in [4.69, 9.17) is 0 Å². The van der Waals surface area contributed by atoms with Gasteiger partial charge in [0.2, 0.25) is 0 Å². The first-order chi connectivity index (χ1) is 11.8. The average Bonchev–Trinajstić information content (AvgIpc) is 3.28. The van der Waals surface area contributed by atoms with Crippen LogP contribution in [-0.4, -0.2) is 45.1 Å². The summed E-state index contributed by atoms with van der Waals surface area (Å²) in [5.74, 6) is 1.68. The molecule has 24 heavy (non-hydrogen) atoms. The maximum atomic E-state index is 4.46. The van der Waals surface area contributed by atoms with Crippen molar-refractivity contribution in [1.29, 1.82) is 0 Å². The minimum atomic E-state index is 0.634. The molecule has 0 saturated heterocycles. The molecule has 0 unspecified atom stereocenters. The van der Waals surface area contributed by atoms with Crippen LogP contribution in [0.5, 0.6) is 0 Å². The minimum absolute atomic E-state index is 0.634. The molecule has 0 spiro atoms. The van der Waals surface area contributed by atoms with Crippen molar-refractivity contribution in [1.82, 2.24) is 30.4 Å². The van der Waals surface area contributed by atoms with Gasteiger partial charge in [0.15, 0.2) is 5.96 Å². The van der Waals surface area contributed by atoms with Crippen LogP contribution >= 0.6 is 0 Å². The number of nitrogens with zero attached hydrogens (tertiary/aromatic N) is 4. The molecule has 0 aliphatic rings. The van der Waals surface area contributed by atoms with E-state index >= 15 is 0 Å². The van der Waals surface area contributed by atoms with Gasteiger partial charge in [-0.3, -0.25) is 10.1 Å². The van der Waals surface area contributed by atoms with Gasteiger partial charge in [-0.25, -0.2) is 4.98 Å². The lowest BCUT2D eigenvalue weighted by molar-refractivity contribution is 0.463. The molecule has 1 aromatic carbocycles. The van der Waals surface area contributed by atoms with Gasteiger partial charge in [0.25, 0.3) is 0 Å². The molecular formula is C17H21N7. The highest BCUT2D eigenvalue weighted by Gasteiger charge is 2.10. The van der Waals surface area contributed by atoms with Crippen molar-refractivity contribution in [2.75, 3.05) is 14.1 Å². The van der Waals surface area contributed by atoms with Crippen LogP contribution in [0.1, 0.15) is 11.5 Å². The lowest BCUT2D eigenvalue weighted by atomic mass is 10.2. The first-order valence-electron chi connectivity index (χ1n) is 7.75. The lowest BCUT2D eigenvalue weighted by Crippen LogP contribution is -2.38. The molecular weight excluding hydrogens is 302 g/mol. The molecule has 3 N–H and O–H groups in total. The van der Waals surface area contributed by atoms with Crippen LogP contribution in [0.15, 0.2) is 53.8 Å². The van der Waals surface area contributed by atoms with E-state index in [0.717, 1.165) is 28.7 Å². The van der Waals surface area contributed by atoms with Gasteiger partial charge in [-0.15, -0.1) is 0 Å². The van der Waals surface area contributed by atoms with Gasteiger partial charge >= 0.3 is 0 Å². The smallest absolute Gasteiger partial charge is 0.194 e. The first-order valence-corrected chi connectivity index (χ1v) is 7.75. The van der Waals surface area contributed by atoms with Gasteiger partial charge in [0.1, 0.15) is 5.82 Å². The van der Waals surface area contributed by atoms with Crippen LogP contribution < -0.4 is 5.32 Å². The van der Waals surface area contributed by atoms with Crippen molar-refractivity contribution < 1.29 is 0 Å². The third-order valence-electron chi connectivity index (χ3n) is 3.67. The standard InChI is InChI=1S/C17H21N7/c1-18-17(20-10-14-8-9-21-23-14)24(2)12-16-19-11-15(22-16)13-6-4-3-5-7-13/h3-9,11H,10,12H2,1-2H3,(H,18,20)(H,19,22)(H,21,23). The molecule has 2 aromatic heterocycles. The Hall–Kier alpha value is -3.09. The van der Waals surface area contributed by atoms with E-state index in [1.54, 1.807) is 13.2 Å². The molecule has 0 aliphatic heterocycles. The Morgan fingerprint density at radius 1 is 1.25 bits per heavy atom. The third kappa shape index (κ3) is 3.81. The second-order valence-electron chi connectivity index (χ2n) is 5.45. The van der Waals surface area contributed by atoms with Crippen molar-refractivity contribution in [2.24, 2.45) is 4.99 Å². The number of hydrogen-bond donors (Lipinski definition) is 3. The van der Waals surface area contributed by atoms with Crippen molar-refractivity contribution in [3.8, 4) is 11.3 Å². The lowest BCUT2D eigenvalue weighted by Gasteiger charge is -2.20. The summed E-state index contributed by atoms with van der Waals surface area (Å²) in [5, 5.41) is 10.2. The van der Waals surface area contributed by atoms with E-state index in [1.165, 1.54) is 0 Å². The third-order valence-corrected chi connectivity index (χ3v) is 3.67. The number of imidazole rings is 1. The molecule has 0 saturated carbocycles. The highest BCUT2D eigenvalue weighted by Crippen LogP contribution is 2.16. The maximum Gasteiger partial charge on any atom is 0.194 e. The predicted octanol–water partition coefficient (Wildman–Crippen LogP) is 2.01. The van der Waals surface area contributed by atoms with Crippen LogP contribution in [-0.2, 0) is 13.1 Å². The number of aliphatic imine (C=N–C) groups is 1. The van der Waals surface area contributed by atoms with E-state index in [-0.39, 0.29) is 0 Å². The van der Waals surface area contributed by atoms with Crippen LogP contribution in [0.4, 0.5) is 0 Å². The zero-order valence-corrected chi connectivity index (χ0v) is 13.8. The molecule has 3 aromatic rings. The second kappa shape index (κ2) is 7.45. The van der Waals surface area contributed by atoms with E-state index in [2.05, 4.69) is 42.6 Å². The van der Waals surface area contributed by atoms with Crippen molar-refractivity contribution in [3.63, 3.8) is 0 Å². The zero-order valence-electron chi connectivity index (χ0n) is 13.8. The maximum absolute atomic E-state index is 4.46. The van der Waals surface area contributed by atoms with Gasteiger partial charge in [0.05, 0.1) is 30.7 Å². The largest absolute Gasteiger partial charge is 0.351 e. The van der Waals surface area contributed by atoms with E-state index in [1.807, 2.05) is 42.4 Å². The number of aromatic amines is 2. The van der Waals surface area contributed by atoms with Gasteiger partial charge in [0, 0.05) is 20.3 Å². The molecule has 0 radical (unpaired) electrons. The van der Waals surface area contributed by atoms with Crippen molar-refractivity contribution in [2.45, 2.75) is 13.1 Å². The summed E-state index contributed by atoms with van der Waals surface area (Å²) < 4.78 is 0. The van der Waals surface area contributed by atoms with Crippen LogP contribution in [0, 0.1) is 0 Å². The Balaban J connectivity index is 1.61. The monoisotopic (exact) mass is 323 g/mol. The molecule has 0 fully saturated rings. The molecule has 7 nitrogen and oxygen atoms in total. The number of rotatable bonds is 5. The molecule has 0 bridgehead atoms. The molecule has 7 heteroatoms. The molecule has 0 atom stereocenters. The topological polar surface area (TPSA) is 85.0 Å². The summed E-state index contributed by atoms with van der Waals surface area (Å²) >= 11 is 0. The van der Waals surface area contributed by atoms with Crippen molar-refractivity contribution in [3.05, 3.63) is 60.3 Å². The quantitative estimate of drug-likeness (QED) is 0.495. The Labute approximate surface area is 140 Å². The number of guanidine groups is 1. The zero-order chi connectivity index (χ0) is 16.8. The van der Waals surface area contributed by atoms with Gasteiger partial charge in [-0.2, -0.15) is 5.10 Å². The highest BCUT2D eigenvalue weighted by molar-refractivity contribution is 5.79. The summed E-state index contributed by atoms with van der Waals surface area (Å²) in [6.07, 6.45) is 3.59. The molecule has 2 heterocycles. The van der Waals surface area contributed by atoms with E-state index in [0.29, 0.717) is 13.1 Å². The highest BCUT2D eigenvalue weighted by atomic mass is 15.3. The number of benzene rings is 1. The number of nitrogens with one attached hydrogen (secondary N) is 3. The van der Waals surface area contributed by atoms with Gasteiger partial charge in [-0.1, -0.05) is 30.3 Å². The Kier molecular flexibility index (Phi) is 4.90. The second-order valence-corrected chi connectivity index (χ2v) is 5.45. The first kappa shape index (κ1) is 15.8. The molecule has 0 amide bonds. The van der Waals surface area contributed by atoms with Crippen molar-refractivity contribution >= 4 is 5.96 Å². The SMILES string of the molecule is CN=C(NCc1ccn[nH]1)N(C)Cc1ncc(-c2ccccc2)[nH]1. The Morgan fingerprint density at radius 2 is 2.08 bits per heavy atom. The van der Waals surface area contributed by atoms with Crippen LogP contribution in [0.3, 0.4) is 0 Å². The number of H-pyrrole nitrogens is 2. The summed E-state index contributed by atoms with van der Waals surface area (Å²) in [4.78, 5) is 14.1. The Morgan fingerprint density at radius 3 is 2.79 bits per heavy atom. The summed E-state index contributed by atoms with van der Waals surface area (Å²) in [7, 11) is 3.75. The predicted molar refractivity (Wildman–Crippen MR) is 94.3 cm³/mol. The van der Waals surface area contributed by atoms with Gasteiger partial charge in [-0.05, 0) is 11.6 Å². The van der Waals surface area contributed by atoms with E-state index in [9.17, 15) is 0 Å². The molecule has 0 aliphatic carbocycles. The normalized spacial score (nSPS) is 11.5. The fraction of sp³-hybridized carbons (Fsp3) is 0.235. The number of aromatic nitrogens is 4. The van der Waals surface area contributed by atoms with Crippen LogP contribution in [0.25, 0.3) is 11.3 Å². The summed E-state index contributed by atoms with van der Waals surface area (Å²) in [6.45, 7) is 1.28. The molecule has 124 valence electrons. The fourth-order valence-electron chi connectivity index (χ4n) is 2.45. The summed E-state index contributed by atoms with van der Waals surface area (Å²) in [5.41, 5.74) is 3.15. The summed E-state index contributed by atoms with van der Waals surface area (Å²) in [6, 6.07) is 12.1. The molecule has 3 rings (SSSR count). The average molecular weight is 323 g/mol.